The number of hydrogen-bond donors (Lipinski definition) is 4. The number of ether oxygens (including phenoxy) is 1. The third-order valence-corrected chi connectivity index (χ3v) is 1.83. The van der Waals surface area contributed by atoms with Crippen LogP contribution in [0.5, 0.6) is 0 Å². The minimum atomic E-state index is -1.43. The van der Waals surface area contributed by atoms with Crippen LogP contribution in [-0.4, -0.2) is 56.6 Å². The predicted octanol–water partition coefficient (Wildman–Crippen LogP) is -3.02. The van der Waals surface area contributed by atoms with Gasteiger partial charge in [-0.1, -0.05) is 0 Å². The fraction of sp³-hybridized carbons (Fsp3) is 1.00. The lowest BCUT2D eigenvalue weighted by Gasteiger charge is -2.36. The van der Waals surface area contributed by atoms with Crippen molar-refractivity contribution in [3.8, 4) is 0 Å². The van der Waals surface area contributed by atoms with Crippen molar-refractivity contribution in [2.45, 2.75) is 37.6 Å². The monoisotopic (exact) mass is 183 g/mol. The molecule has 0 radical (unpaired) electrons. The highest BCUT2D eigenvalue weighted by Crippen LogP contribution is 2.18. The van der Waals surface area contributed by atoms with Gasteiger partial charge in [-0.25, -0.2) is 0 Å². The first kappa shape index (κ1) is 11.8. The molecule has 6 nitrogen and oxygen atoms in total. The van der Waals surface area contributed by atoms with E-state index >= 15 is 0 Å². The molecule has 0 aromatic carbocycles. The van der Waals surface area contributed by atoms with Gasteiger partial charge in [0.25, 0.3) is 0 Å². The Morgan fingerprint density at radius 2 is 1.42 bits per heavy atom. The quantitative estimate of drug-likeness (QED) is 0.298. The first-order chi connectivity index (χ1) is 5.04. The van der Waals surface area contributed by atoms with Crippen molar-refractivity contribution in [1.82, 2.24) is 0 Å². The molecule has 0 aromatic rings. The Labute approximate surface area is 69.3 Å². The molecule has 1 aliphatic rings. The molecule has 1 rings (SSSR count). The lowest BCUT2D eigenvalue weighted by atomic mass is 10.2. The second-order valence-electron chi connectivity index (χ2n) is 2.70. The van der Waals surface area contributed by atoms with Crippen molar-refractivity contribution in [2.24, 2.45) is 0 Å². The van der Waals surface area contributed by atoms with Gasteiger partial charge in [-0.3, -0.25) is 0 Å². The Morgan fingerprint density at radius 3 is 1.92 bits per heavy atom. The SMILES string of the molecule is C[C@@H]1OC(O)[C@H](O)[13C@H](O)[C@H]1O.O. The second-order valence-corrected chi connectivity index (χ2v) is 2.70. The van der Waals surface area contributed by atoms with Crippen LogP contribution in [0.2, 0.25) is 0 Å². The van der Waals surface area contributed by atoms with Gasteiger partial charge in [0.2, 0.25) is 0 Å². The molecule has 0 spiro atoms. The fourth-order valence-electron chi connectivity index (χ4n) is 1.03. The summed E-state index contributed by atoms with van der Waals surface area (Å²) >= 11 is 0. The maximum atomic E-state index is 9.09. The van der Waals surface area contributed by atoms with E-state index in [9.17, 15) is 0 Å². The van der Waals surface area contributed by atoms with E-state index in [2.05, 4.69) is 4.74 Å². The van der Waals surface area contributed by atoms with Gasteiger partial charge in [-0.15, -0.1) is 0 Å². The van der Waals surface area contributed by atoms with Crippen molar-refractivity contribution >= 4 is 0 Å². The van der Waals surface area contributed by atoms with Crippen molar-refractivity contribution in [3.63, 3.8) is 0 Å². The van der Waals surface area contributed by atoms with Crippen LogP contribution in [0, 0.1) is 0 Å². The van der Waals surface area contributed by atoms with Gasteiger partial charge in [-0.2, -0.15) is 0 Å². The molecule has 1 unspecified atom stereocenters. The van der Waals surface area contributed by atoms with Crippen LogP contribution in [0.4, 0.5) is 0 Å². The fourth-order valence-corrected chi connectivity index (χ4v) is 1.03. The van der Waals surface area contributed by atoms with Gasteiger partial charge in [0, 0.05) is 0 Å². The highest BCUT2D eigenvalue weighted by atomic mass is 16.6. The summed E-state index contributed by atoms with van der Waals surface area (Å²) in [6, 6.07) is 0. The van der Waals surface area contributed by atoms with E-state index < -0.39 is 30.7 Å². The minimum Gasteiger partial charge on any atom is -0.412 e. The summed E-state index contributed by atoms with van der Waals surface area (Å²) in [6.45, 7) is 1.50. The molecule has 1 aliphatic heterocycles. The van der Waals surface area contributed by atoms with E-state index in [4.69, 9.17) is 20.4 Å². The summed E-state index contributed by atoms with van der Waals surface area (Å²) in [5.41, 5.74) is 0. The average Bonchev–Trinajstić information content (AvgIpc) is 1.97. The van der Waals surface area contributed by atoms with Crippen LogP contribution >= 0.6 is 0 Å². The Hall–Kier alpha value is -0.240. The predicted molar refractivity (Wildman–Crippen MR) is 38.2 cm³/mol. The van der Waals surface area contributed by atoms with Crippen LogP contribution in [-0.2, 0) is 4.74 Å². The number of aliphatic hydroxyl groups is 4. The Bertz CT molecular complexity index is 126. The Balaban J connectivity index is 0.00000121. The highest BCUT2D eigenvalue weighted by Gasteiger charge is 2.40. The maximum absolute atomic E-state index is 9.09. The number of rotatable bonds is 0. The molecular formula is C6H14O6. The van der Waals surface area contributed by atoms with Gasteiger partial charge in [0.05, 0.1) is 6.10 Å². The second kappa shape index (κ2) is 4.13. The zero-order chi connectivity index (χ0) is 8.59. The molecule has 0 bridgehead atoms. The van der Waals surface area contributed by atoms with Crippen LogP contribution < -0.4 is 0 Å². The zero-order valence-corrected chi connectivity index (χ0v) is 6.58. The van der Waals surface area contributed by atoms with E-state index in [1.54, 1.807) is 0 Å². The molecule has 0 saturated carbocycles. The summed E-state index contributed by atoms with van der Waals surface area (Å²) in [7, 11) is 0. The first-order valence-electron chi connectivity index (χ1n) is 3.41. The van der Waals surface area contributed by atoms with E-state index in [0.717, 1.165) is 0 Å². The van der Waals surface area contributed by atoms with Crippen molar-refractivity contribution < 1.29 is 30.6 Å². The lowest BCUT2D eigenvalue weighted by Crippen LogP contribution is -2.56. The zero-order valence-electron chi connectivity index (χ0n) is 6.58. The van der Waals surface area contributed by atoms with Crippen molar-refractivity contribution in [2.75, 3.05) is 0 Å². The van der Waals surface area contributed by atoms with E-state index in [1.165, 1.54) is 6.92 Å². The molecule has 5 atom stereocenters. The largest absolute Gasteiger partial charge is 0.412 e. The number of hydrogen-bond acceptors (Lipinski definition) is 5. The lowest BCUT2D eigenvalue weighted by molar-refractivity contribution is -0.277. The molecule has 1 fully saturated rings. The topological polar surface area (TPSA) is 122 Å². The normalized spacial score (nSPS) is 48.2. The molecular weight excluding hydrogens is 169 g/mol. The third-order valence-electron chi connectivity index (χ3n) is 1.83. The van der Waals surface area contributed by atoms with Crippen molar-refractivity contribution in [1.29, 1.82) is 0 Å². The molecule has 12 heavy (non-hydrogen) atoms. The smallest absolute Gasteiger partial charge is 0.183 e. The molecule has 74 valence electrons. The van der Waals surface area contributed by atoms with Crippen LogP contribution in [0.3, 0.4) is 0 Å². The molecule has 1 saturated heterocycles. The van der Waals surface area contributed by atoms with Gasteiger partial charge < -0.3 is 30.6 Å². The van der Waals surface area contributed by atoms with Gasteiger partial charge in [-0.05, 0) is 6.92 Å². The molecule has 6 heteroatoms. The molecule has 1 heterocycles. The Morgan fingerprint density at radius 1 is 0.917 bits per heavy atom. The third kappa shape index (κ3) is 1.92. The van der Waals surface area contributed by atoms with Gasteiger partial charge >= 0.3 is 0 Å². The summed E-state index contributed by atoms with van der Waals surface area (Å²) in [5, 5.41) is 36.0. The standard InChI is InChI=1S/C6H12O5.H2O/c1-2-3(7)4(8)5(9)6(10)11-2;/h2-10H,1H3;1H2/t2-,3-,4+,5+,6?;/m0./s1/i4+1;. The van der Waals surface area contributed by atoms with E-state index in [0.29, 0.717) is 0 Å². The minimum absolute atomic E-state index is 0. The summed E-state index contributed by atoms with van der Waals surface area (Å²) in [5.74, 6) is 0. The summed E-state index contributed by atoms with van der Waals surface area (Å²) < 4.78 is 4.68. The highest BCUT2D eigenvalue weighted by molar-refractivity contribution is 4.86. The summed E-state index contributed by atoms with van der Waals surface area (Å²) in [6.07, 6.45) is -5.99. The number of aliphatic hydroxyl groups excluding tert-OH is 4. The molecule has 0 aromatic heterocycles. The van der Waals surface area contributed by atoms with E-state index in [1.807, 2.05) is 0 Å². The maximum Gasteiger partial charge on any atom is 0.183 e. The van der Waals surface area contributed by atoms with Crippen LogP contribution in [0.25, 0.3) is 0 Å². The van der Waals surface area contributed by atoms with Gasteiger partial charge in [0.1, 0.15) is 18.3 Å². The van der Waals surface area contributed by atoms with Gasteiger partial charge in [0.15, 0.2) is 6.29 Å². The Kier molecular flexibility index (Phi) is 4.04. The van der Waals surface area contributed by atoms with Crippen LogP contribution in [0.15, 0.2) is 0 Å². The molecule has 0 amide bonds. The average molecular weight is 183 g/mol. The summed E-state index contributed by atoms with van der Waals surface area (Å²) in [4.78, 5) is 0. The van der Waals surface area contributed by atoms with Crippen molar-refractivity contribution in [3.05, 3.63) is 0 Å². The van der Waals surface area contributed by atoms with E-state index in [-0.39, 0.29) is 5.48 Å². The van der Waals surface area contributed by atoms with Crippen LogP contribution in [0.1, 0.15) is 6.92 Å². The molecule has 6 N–H and O–H groups in total. The molecule has 0 aliphatic carbocycles. The first-order valence-corrected chi connectivity index (χ1v) is 3.41.